The molecule has 1 atom stereocenters. The molecule has 0 saturated carbocycles. The molecule has 2 amide bonds. The first kappa shape index (κ1) is 22.3. The van der Waals surface area contributed by atoms with Gasteiger partial charge in [-0.1, -0.05) is 36.2 Å². The molecule has 162 valence electrons. The fraction of sp³-hybridized carbons (Fsp3) is 0.435. The number of carbonyl (C=O) groups excluding carboxylic acids is 1. The predicted octanol–water partition coefficient (Wildman–Crippen LogP) is 4.37. The van der Waals surface area contributed by atoms with Gasteiger partial charge in [0.15, 0.2) is 0 Å². The number of sulfonamides is 1. The second-order valence-electron chi connectivity index (χ2n) is 8.07. The highest BCUT2D eigenvalue weighted by atomic mass is 32.2. The summed E-state index contributed by atoms with van der Waals surface area (Å²) in [7, 11) is -3.56. The van der Waals surface area contributed by atoms with E-state index in [1.807, 2.05) is 57.2 Å². The maximum Gasteiger partial charge on any atom is 0.319 e. The van der Waals surface area contributed by atoms with Crippen LogP contribution in [0.3, 0.4) is 0 Å². The van der Waals surface area contributed by atoms with Crippen LogP contribution in [-0.2, 0) is 10.0 Å². The van der Waals surface area contributed by atoms with Crippen LogP contribution in [0.1, 0.15) is 42.4 Å². The molecule has 1 aliphatic heterocycles. The first-order chi connectivity index (χ1) is 14.3. The van der Waals surface area contributed by atoms with Gasteiger partial charge in [0.2, 0.25) is 10.0 Å². The third-order valence-corrected chi connectivity index (χ3v) is 7.67. The minimum atomic E-state index is -3.56. The molecule has 0 spiro atoms. The van der Waals surface area contributed by atoms with Crippen molar-refractivity contribution in [1.29, 1.82) is 0 Å². The van der Waals surface area contributed by atoms with E-state index in [1.54, 1.807) is 10.4 Å². The molecule has 6 nitrogen and oxygen atoms in total. The normalized spacial score (nSPS) is 17.5. The zero-order valence-corrected chi connectivity index (χ0v) is 18.8. The summed E-state index contributed by atoms with van der Waals surface area (Å²) >= 11 is 0. The molecule has 2 aromatic rings. The molecule has 0 aromatic heterocycles. The Morgan fingerprint density at radius 2 is 1.73 bits per heavy atom. The van der Waals surface area contributed by atoms with Gasteiger partial charge in [-0.25, -0.2) is 13.2 Å². The number of anilines is 1. The van der Waals surface area contributed by atoms with Crippen LogP contribution in [0.5, 0.6) is 0 Å². The van der Waals surface area contributed by atoms with E-state index in [4.69, 9.17) is 0 Å². The SMILES string of the molecule is Cc1ccc(NC(=O)NCCC2CCCCN2S(=O)(=O)c2cc(C)ccc2C)cc1. The second kappa shape index (κ2) is 9.62. The van der Waals surface area contributed by atoms with Crippen molar-refractivity contribution in [2.75, 3.05) is 18.4 Å². The number of carbonyl (C=O) groups is 1. The Morgan fingerprint density at radius 3 is 2.47 bits per heavy atom. The van der Waals surface area contributed by atoms with Crippen LogP contribution in [0.15, 0.2) is 47.4 Å². The zero-order valence-electron chi connectivity index (χ0n) is 17.9. The molecule has 1 saturated heterocycles. The Hall–Kier alpha value is -2.38. The lowest BCUT2D eigenvalue weighted by Gasteiger charge is -2.35. The van der Waals surface area contributed by atoms with Gasteiger partial charge in [0, 0.05) is 24.8 Å². The van der Waals surface area contributed by atoms with Crippen molar-refractivity contribution in [1.82, 2.24) is 9.62 Å². The molecule has 3 rings (SSSR count). The van der Waals surface area contributed by atoms with E-state index in [2.05, 4.69) is 10.6 Å². The fourth-order valence-corrected chi connectivity index (χ4v) is 5.89. The summed E-state index contributed by atoms with van der Waals surface area (Å²) < 4.78 is 28.4. The van der Waals surface area contributed by atoms with Crippen molar-refractivity contribution in [3.63, 3.8) is 0 Å². The number of urea groups is 1. The standard InChI is InChI=1S/C23H31N3O3S/c1-17-8-11-20(12-9-17)25-23(27)24-14-13-21-6-4-5-15-26(21)30(28,29)22-16-18(2)7-10-19(22)3/h7-12,16,21H,4-6,13-15H2,1-3H3,(H2,24,25,27). The summed E-state index contributed by atoms with van der Waals surface area (Å²) in [6.07, 6.45) is 3.26. The molecular weight excluding hydrogens is 398 g/mol. The molecule has 1 heterocycles. The van der Waals surface area contributed by atoms with Crippen LogP contribution >= 0.6 is 0 Å². The number of rotatable bonds is 6. The summed E-state index contributed by atoms with van der Waals surface area (Å²) in [6.45, 7) is 6.67. The summed E-state index contributed by atoms with van der Waals surface area (Å²) in [4.78, 5) is 12.6. The smallest absolute Gasteiger partial charge is 0.319 e. The number of nitrogens with one attached hydrogen (secondary N) is 2. The molecule has 2 aromatic carbocycles. The van der Waals surface area contributed by atoms with Crippen molar-refractivity contribution in [2.45, 2.75) is 57.4 Å². The topological polar surface area (TPSA) is 78.5 Å². The van der Waals surface area contributed by atoms with Gasteiger partial charge in [-0.3, -0.25) is 0 Å². The lowest BCUT2D eigenvalue weighted by Crippen LogP contribution is -2.45. The Morgan fingerprint density at radius 1 is 1.03 bits per heavy atom. The molecule has 1 aliphatic rings. The van der Waals surface area contributed by atoms with E-state index in [9.17, 15) is 13.2 Å². The van der Waals surface area contributed by atoms with Crippen molar-refractivity contribution >= 4 is 21.7 Å². The monoisotopic (exact) mass is 429 g/mol. The number of aryl methyl sites for hydroxylation is 3. The van der Waals surface area contributed by atoms with E-state index < -0.39 is 10.0 Å². The number of hydrogen-bond donors (Lipinski definition) is 2. The average Bonchev–Trinajstić information content (AvgIpc) is 2.72. The lowest BCUT2D eigenvalue weighted by atomic mass is 10.0. The summed E-state index contributed by atoms with van der Waals surface area (Å²) in [5, 5.41) is 5.66. The van der Waals surface area contributed by atoms with Crippen LogP contribution < -0.4 is 10.6 Å². The number of piperidine rings is 1. The van der Waals surface area contributed by atoms with E-state index in [1.165, 1.54) is 0 Å². The molecule has 30 heavy (non-hydrogen) atoms. The number of benzene rings is 2. The molecule has 0 radical (unpaired) electrons. The van der Waals surface area contributed by atoms with Crippen molar-refractivity contribution in [2.24, 2.45) is 0 Å². The van der Waals surface area contributed by atoms with Crippen LogP contribution in [-0.4, -0.2) is 37.9 Å². The van der Waals surface area contributed by atoms with E-state index >= 15 is 0 Å². The average molecular weight is 430 g/mol. The maximum atomic E-state index is 13.4. The summed E-state index contributed by atoms with van der Waals surface area (Å²) in [6, 6.07) is 12.7. The van der Waals surface area contributed by atoms with Gasteiger partial charge in [0.05, 0.1) is 4.90 Å². The number of hydrogen-bond acceptors (Lipinski definition) is 3. The Bertz CT molecular complexity index is 987. The Kier molecular flexibility index (Phi) is 7.15. The van der Waals surface area contributed by atoms with Crippen LogP contribution in [0.4, 0.5) is 10.5 Å². The van der Waals surface area contributed by atoms with E-state index in [0.717, 1.165) is 41.6 Å². The van der Waals surface area contributed by atoms with E-state index in [0.29, 0.717) is 24.4 Å². The second-order valence-corrected chi connectivity index (χ2v) is 9.93. The van der Waals surface area contributed by atoms with Crippen molar-refractivity contribution in [3.05, 3.63) is 59.2 Å². The maximum absolute atomic E-state index is 13.4. The van der Waals surface area contributed by atoms with Gasteiger partial charge in [-0.15, -0.1) is 0 Å². The number of nitrogens with zero attached hydrogens (tertiary/aromatic N) is 1. The quantitative estimate of drug-likeness (QED) is 0.716. The highest BCUT2D eigenvalue weighted by Crippen LogP contribution is 2.29. The zero-order chi connectivity index (χ0) is 21.7. The first-order valence-corrected chi connectivity index (χ1v) is 11.9. The van der Waals surface area contributed by atoms with Gasteiger partial charge in [-0.2, -0.15) is 4.31 Å². The first-order valence-electron chi connectivity index (χ1n) is 10.5. The molecule has 1 fully saturated rings. The highest BCUT2D eigenvalue weighted by molar-refractivity contribution is 7.89. The predicted molar refractivity (Wildman–Crippen MR) is 120 cm³/mol. The minimum absolute atomic E-state index is 0.108. The number of amides is 2. The van der Waals surface area contributed by atoms with E-state index in [-0.39, 0.29) is 12.1 Å². The molecule has 7 heteroatoms. The van der Waals surface area contributed by atoms with Crippen LogP contribution in [0.2, 0.25) is 0 Å². The highest BCUT2D eigenvalue weighted by Gasteiger charge is 2.34. The van der Waals surface area contributed by atoms with Gasteiger partial charge in [-0.05, 0) is 69.4 Å². The van der Waals surface area contributed by atoms with Gasteiger partial charge >= 0.3 is 6.03 Å². The third-order valence-electron chi connectivity index (χ3n) is 5.58. The fourth-order valence-electron chi connectivity index (χ4n) is 3.85. The lowest BCUT2D eigenvalue weighted by molar-refractivity contribution is 0.234. The Balaban J connectivity index is 1.62. The van der Waals surface area contributed by atoms with Gasteiger partial charge in [0.1, 0.15) is 0 Å². The van der Waals surface area contributed by atoms with Crippen LogP contribution in [0.25, 0.3) is 0 Å². The van der Waals surface area contributed by atoms with Gasteiger partial charge < -0.3 is 10.6 Å². The molecule has 2 N–H and O–H groups in total. The molecular formula is C23H31N3O3S. The molecule has 1 unspecified atom stereocenters. The summed E-state index contributed by atoms with van der Waals surface area (Å²) in [5.41, 5.74) is 3.56. The van der Waals surface area contributed by atoms with Crippen molar-refractivity contribution in [3.8, 4) is 0 Å². The molecule has 0 aliphatic carbocycles. The summed E-state index contributed by atoms with van der Waals surface area (Å²) in [5.74, 6) is 0. The van der Waals surface area contributed by atoms with Crippen molar-refractivity contribution < 1.29 is 13.2 Å². The minimum Gasteiger partial charge on any atom is -0.338 e. The third kappa shape index (κ3) is 5.40. The largest absolute Gasteiger partial charge is 0.338 e. The Labute approximate surface area is 179 Å². The molecule has 0 bridgehead atoms. The van der Waals surface area contributed by atoms with Gasteiger partial charge in [0.25, 0.3) is 0 Å². The van der Waals surface area contributed by atoms with Crippen LogP contribution in [0, 0.1) is 20.8 Å².